The summed E-state index contributed by atoms with van der Waals surface area (Å²) < 4.78 is 24.5. The highest BCUT2D eigenvalue weighted by Crippen LogP contribution is 2.32. The summed E-state index contributed by atoms with van der Waals surface area (Å²) in [5, 5.41) is 2.93. The highest BCUT2D eigenvalue weighted by Gasteiger charge is 2.43. The van der Waals surface area contributed by atoms with Crippen molar-refractivity contribution in [3.05, 3.63) is 35.9 Å². The molecule has 158 valence electrons. The zero-order valence-corrected chi connectivity index (χ0v) is 17.3. The number of carbonyl (C=O) groups is 3. The van der Waals surface area contributed by atoms with Gasteiger partial charge in [-0.15, -0.1) is 0 Å². The lowest BCUT2D eigenvalue weighted by Gasteiger charge is -2.30. The quantitative estimate of drug-likeness (QED) is 0.489. The van der Waals surface area contributed by atoms with E-state index in [4.69, 9.17) is 0 Å². The van der Waals surface area contributed by atoms with Gasteiger partial charge in [-0.2, -0.15) is 0 Å². The van der Waals surface area contributed by atoms with Crippen molar-refractivity contribution in [2.45, 2.75) is 37.6 Å². The Kier molecular flexibility index (Phi) is 6.69. The maximum atomic E-state index is 12.6. The van der Waals surface area contributed by atoms with Gasteiger partial charge in [-0.25, -0.2) is 13.1 Å². The number of amides is 2. The number of carbonyl (C=O) groups excluding carboxylic acids is 3. The van der Waals surface area contributed by atoms with E-state index in [1.54, 1.807) is 0 Å². The van der Waals surface area contributed by atoms with Crippen LogP contribution in [-0.2, 0) is 24.4 Å². The molecule has 8 nitrogen and oxygen atoms in total. The van der Waals surface area contributed by atoms with Gasteiger partial charge in [-0.1, -0.05) is 30.3 Å². The standard InChI is InChI=1S/C20H27N3O5S/c1-29(27,28)21-11-12-23-13-17(18(24)20(23)26)19(25)22-16-9-7-15(8-10-16)14-5-3-2-4-6-14/h2-6,15-17,21H,7-13H2,1H3,(H,22,25). The molecule has 1 saturated carbocycles. The summed E-state index contributed by atoms with van der Waals surface area (Å²) >= 11 is 0. The molecule has 1 aromatic rings. The van der Waals surface area contributed by atoms with Gasteiger partial charge in [-0.05, 0) is 37.2 Å². The van der Waals surface area contributed by atoms with Gasteiger partial charge in [0.25, 0.3) is 5.91 Å². The average Bonchev–Trinajstić information content (AvgIpc) is 2.97. The van der Waals surface area contributed by atoms with Crippen LogP contribution in [0.5, 0.6) is 0 Å². The normalized spacial score (nSPS) is 25.3. The van der Waals surface area contributed by atoms with E-state index in [2.05, 4.69) is 22.2 Å². The Morgan fingerprint density at radius 1 is 1.10 bits per heavy atom. The largest absolute Gasteiger partial charge is 0.353 e. The van der Waals surface area contributed by atoms with E-state index in [-0.39, 0.29) is 25.7 Å². The summed E-state index contributed by atoms with van der Waals surface area (Å²) in [4.78, 5) is 38.1. The minimum atomic E-state index is -3.37. The molecule has 1 aliphatic carbocycles. The van der Waals surface area contributed by atoms with Crippen LogP contribution in [0.25, 0.3) is 0 Å². The van der Waals surface area contributed by atoms with E-state index in [1.165, 1.54) is 10.5 Å². The second-order valence-corrected chi connectivity index (χ2v) is 9.64. The van der Waals surface area contributed by atoms with Crippen LogP contribution in [-0.4, -0.2) is 62.8 Å². The molecule has 1 aromatic carbocycles. The van der Waals surface area contributed by atoms with Crippen molar-refractivity contribution < 1.29 is 22.8 Å². The lowest BCUT2D eigenvalue weighted by atomic mass is 9.81. The molecule has 2 N–H and O–H groups in total. The highest BCUT2D eigenvalue weighted by atomic mass is 32.2. The molecule has 1 atom stereocenters. The maximum absolute atomic E-state index is 12.6. The summed E-state index contributed by atoms with van der Waals surface area (Å²) in [6.07, 6.45) is 4.63. The van der Waals surface area contributed by atoms with E-state index >= 15 is 0 Å². The number of benzene rings is 1. The summed E-state index contributed by atoms with van der Waals surface area (Å²) in [5.41, 5.74) is 1.31. The van der Waals surface area contributed by atoms with E-state index in [0.29, 0.717) is 5.92 Å². The number of likely N-dealkylation sites (tertiary alicyclic amines) is 1. The molecule has 0 aromatic heterocycles. The van der Waals surface area contributed by atoms with E-state index in [0.717, 1.165) is 31.9 Å². The van der Waals surface area contributed by atoms with Crippen LogP contribution in [0.15, 0.2) is 30.3 Å². The summed E-state index contributed by atoms with van der Waals surface area (Å²) in [6, 6.07) is 10.3. The van der Waals surface area contributed by atoms with Gasteiger partial charge in [0.2, 0.25) is 21.7 Å². The van der Waals surface area contributed by atoms with Crippen LogP contribution >= 0.6 is 0 Å². The van der Waals surface area contributed by atoms with Crippen molar-refractivity contribution >= 4 is 27.6 Å². The molecule has 3 rings (SSSR count). The van der Waals surface area contributed by atoms with Gasteiger partial charge in [0.05, 0.1) is 6.26 Å². The van der Waals surface area contributed by atoms with Gasteiger partial charge in [0.1, 0.15) is 5.92 Å². The van der Waals surface area contributed by atoms with Crippen LogP contribution in [0, 0.1) is 5.92 Å². The van der Waals surface area contributed by atoms with Crippen molar-refractivity contribution in [1.29, 1.82) is 0 Å². The summed E-state index contributed by atoms with van der Waals surface area (Å²) in [7, 11) is -3.37. The number of nitrogens with one attached hydrogen (secondary N) is 2. The molecule has 0 bridgehead atoms. The Balaban J connectivity index is 1.48. The van der Waals surface area contributed by atoms with Gasteiger partial charge < -0.3 is 10.2 Å². The van der Waals surface area contributed by atoms with Crippen molar-refractivity contribution in [2.75, 3.05) is 25.9 Å². The number of nitrogens with zero attached hydrogens (tertiary/aromatic N) is 1. The highest BCUT2D eigenvalue weighted by molar-refractivity contribution is 7.88. The minimum absolute atomic E-state index is 0.00565. The Labute approximate surface area is 171 Å². The number of Topliss-reactive ketones (excluding diaryl/α,β-unsaturated/α-hetero) is 1. The van der Waals surface area contributed by atoms with E-state index < -0.39 is 33.5 Å². The molecule has 9 heteroatoms. The van der Waals surface area contributed by atoms with Gasteiger partial charge >= 0.3 is 0 Å². The topological polar surface area (TPSA) is 113 Å². The van der Waals surface area contributed by atoms with Crippen molar-refractivity contribution in [3.63, 3.8) is 0 Å². The fourth-order valence-corrected chi connectivity index (χ4v) is 4.51. The van der Waals surface area contributed by atoms with Gasteiger partial charge in [0, 0.05) is 25.7 Å². The number of rotatable bonds is 7. The second kappa shape index (κ2) is 9.04. The minimum Gasteiger partial charge on any atom is -0.353 e. The zero-order chi connectivity index (χ0) is 21.0. The van der Waals surface area contributed by atoms with Gasteiger partial charge in [0.15, 0.2) is 0 Å². The first-order chi connectivity index (χ1) is 13.7. The number of hydrogen-bond donors (Lipinski definition) is 2. The van der Waals surface area contributed by atoms with Crippen LogP contribution in [0.1, 0.15) is 37.2 Å². The van der Waals surface area contributed by atoms with Crippen LogP contribution < -0.4 is 10.0 Å². The number of ketones is 1. The molecule has 1 saturated heterocycles. The number of sulfonamides is 1. The third kappa shape index (κ3) is 5.63. The molecule has 2 amide bonds. The Morgan fingerprint density at radius 2 is 1.76 bits per heavy atom. The van der Waals surface area contributed by atoms with E-state index in [1.807, 2.05) is 18.2 Å². The fraction of sp³-hybridized carbons (Fsp3) is 0.550. The third-order valence-corrected chi connectivity index (χ3v) is 6.35. The molecular formula is C20H27N3O5S. The Morgan fingerprint density at radius 3 is 2.38 bits per heavy atom. The van der Waals surface area contributed by atoms with Crippen molar-refractivity contribution in [1.82, 2.24) is 14.9 Å². The van der Waals surface area contributed by atoms with Crippen LogP contribution in [0.2, 0.25) is 0 Å². The third-order valence-electron chi connectivity index (χ3n) is 5.62. The lowest BCUT2D eigenvalue weighted by Crippen LogP contribution is -2.43. The molecular weight excluding hydrogens is 394 g/mol. The molecule has 0 spiro atoms. The molecule has 2 aliphatic rings. The van der Waals surface area contributed by atoms with Crippen molar-refractivity contribution in [3.8, 4) is 0 Å². The first-order valence-corrected chi connectivity index (χ1v) is 11.8. The smallest absolute Gasteiger partial charge is 0.290 e. The SMILES string of the molecule is CS(=O)(=O)NCCN1CC(C(=O)NC2CCC(c3ccccc3)CC2)C(=O)C1=O. The van der Waals surface area contributed by atoms with Crippen LogP contribution in [0.4, 0.5) is 0 Å². The monoisotopic (exact) mass is 421 g/mol. The fourth-order valence-electron chi connectivity index (χ4n) is 4.05. The molecule has 2 fully saturated rings. The molecule has 1 unspecified atom stereocenters. The Bertz CT molecular complexity index is 863. The first-order valence-electron chi connectivity index (χ1n) is 9.87. The lowest BCUT2D eigenvalue weighted by molar-refractivity contribution is -0.142. The molecule has 29 heavy (non-hydrogen) atoms. The second-order valence-electron chi connectivity index (χ2n) is 7.80. The van der Waals surface area contributed by atoms with Crippen LogP contribution in [0.3, 0.4) is 0 Å². The molecule has 1 aliphatic heterocycles. The average molecular weight is 422 g/mol. The Hall–Kier alpha value is -2.26. The summed E-state index contributed by atoms with van der Waals surface area (Å²) in [5.74, 6) is -2.40. The molecule has 0 radical (unpaired) electrons. The first kappa shape index (κ1) is 21.4. The number of hydrogen-bond acceptors (Lipinski definition) is 5. The predicted molar refractivity (Wildman–Crippen MR) is 108 cm³/mol. The van der Waals surface area contributed by atoms with Crippen molar-refractivity contribution in [2.24, 2.45) is 5.92 Å². The summed E-state index contributed by atoms with van der Waals surface area (Å²) in [6.45, 7) is 0.0631. The van der Waals surface area contributed by atoms with Gasteiger partial charge in [-0.3, -0.25) is 14.4 Å². The van der Waals surface area contributed by atoms with E-state index in [9.17, 15) is 22.8 Å². The predicted octanol–water partition coefficient (Wildman–Crippen LogP) is 0.406. The maximum Gasteiger partial charge on any atom is 0.290 e. The zero-order valence-electron chi connectivity index (χ0n) is 16.5. The molecule has 1 heterocycles.